The predicted octanol–water partition coefficient (Wildman–Crippen LogP) is 1.22. The maximum atomic E-state index is 10.3. The highest BCUT2D eigenvalue weighted by Gasteiger charge is 2.22. The second-order valence-corrected chi connectivity index (χ2v) is 4.83. The van der Waals surface area contributed by atoms with Crippen LogP contribution in [0.3, 0.4) is 0 Å². The van der Waals surface area contributed by atoms with Gasteiger partial charge in [0.15, 0.2) is 0 Å². The van der Waals surface area contributed by atoms with Crippen molar-refractivity contribution in [1.29, 1.82) is 0 Å². The molecule has 2 unspecified atom stereocenters. The van der Waals surface area contributed by atoms with E-state index in [0.29, 0.717) is 12.5 Å². The zero-order valence-electron chi connectivity index (χ0n) is 10.2. The molecular formula is C14H22N2O. The third-order valence-electron chi connectivity index (χ3n) is 3.54. The molecular weight excluding hydrogens is 212 g/mol. The number of nitrogens with one attached hydrogen (secondary N) is 1. The number of hydrogen-bond donors (Lipinski definition) is 3. The summed E-state index contributed by atoms with van der Waals surface area (Å²) in [6.45, 7) is 2.68. The Morgan fingerprint density at radius 3 is 2.71 bits per heavy atom. The van der Waals surface area contributed by atoms with Gasteiger partial charge < -0.3 is 16.2 Å². The SMILES string of the molecule is NCCc1ccc(C(O)C2CCCNC2)cc1. The van der Waals surface area contributed by atoms with Crippen LogP contribution in [0.4, 0.5) is 0 Å². The number of aliphatic hydroxyl groups excluding tert-OH is 1. The molecule has 4 N–H and O–H groups in total. The van der Waals surface area contributed by atoms with Crippen LogP contribution < -0.4 is 11.1 Å². The first-order valence-corrected chi connectivity index (χ1v) is 6.49. The van der Waals surface area contributed by atoms with E-state index in [0.717, 1.165) is 37.9 Å². The molecule has 1 aromatic carbocycles. The van der Waals surface area contributed by atoms with Crippen LogP contribution in [0.25, 0.3) is 0 Å². The number of piperidine rings is 1. The topological polar surface area (TPSA) is 58.3 Å². The molecule has 0 aromatic heterocycles. The zero-order chi connectivity index (χ0) is 12.1. The Hall–Kier alpha value is -0.900. The highest BCUT2D eigenvalue weighted by atomic mass is 16.3. The fourth-order valence-electron chi connectivity index (χ4n) is 2.47. The fraction of sp³-hybridized carbons (Fsp3) is 0.571. The predicted molar refractivity (Wildman–Crippen MR) is 69.8 cm³/mol. The molecule has 1 aromatic rings. The standard InChI is InChI=1S/C14H22N2O/c15-8-7-11-3-5-12(6-4-11)14(17)13-2-1-9-16-10-13/h3-6,13-14,16-17H,1-2,7-10,15H2. The number of hydrogen-bond acceptors (Lipinski definition) is 3. The Labute approximate surface area is 103 Å². The Kier molecular flexibility index (Phi) is 4.54. The van der Waals surface area contributed by atoms with Gasteiger partial charge in [-0.15, -0.1) is 0 Å². The van der Waals surface area contributed by atoms with Gasteiger partial charge in [0.1, 0.15) is 0 Å². The van der Waals surface area contributed by atoms with Crippen molar-refractivity contribution in [3.05, 3.63) is 35.4 Å². The van der Waals surface area contributed by atoms with Crippen LogP contribution >= 0.6 is 0 Å². The van der Waals surface area contributed by atoms with E-state index in [9.17, 15) is 5.11 Å². The molecule has 3 nitrogen and oxygen atoms in total. The summed E-state index contributed by atoms with van der Waals surface area (Å²) in [5, 5.41) is 13.6. The lowest BCUT2D eigenvalue weighted by Crippen LogP contribution is -2.33. The van der Waals surface area contributed by atoms with Crippen molar-refractivity contribution in [3.63, 3.8) is 0 Å². The lowest BCUT2D eigenvalue weighted by Gasteiger charge is -2.27. The van der Waals surface area contributed by atoms with E-state index in [-0.39, 0.29) is 6.10 Å². The second kappa shape index (κ2) is 6.15. The molecule has 0 amide bonds. The molecule has 0 bridgehead atoms. The van der Waals surface area contributed by atoms with E-state index in [1.807, 2.05) is 12.1 Å². The van der Waals surface area contributed by atoms with E-state index in [1.54, 1.807) is 0 Å². The smallest absolute Gasteiger partial charge is 0.0830 e. The third kappa shape index (κ3) is 3.28. The van der Waals surface area contributed by atoms with Gasteiger partial charge in [0.25, 0.3) is 0 Å². The van der Waals surface area contributed by atoms with Crippen LogP contribution in [0.1, 0.15) is 30.1 Å². The van der Waals surface area contributed by atoms with Crippen LogP contribution in [-0.2, 0) is 6.42 Å². The van der Waals surface area contributed by atoms with Gasteiger partial charge in [0.2, 0.25) is 0 Å². The molecule has 1 aliphatic rings. The maximum Gasteiger partial charge on any atom is 0.0830 e. The van der Waals surface area contributed by atoms with Crippen LogP contribution in [0.5, 0.6) is 0 Å². The van der Waals surface area contributed by atoms with Crippen molar-refractivity contribution in [3.8, 4) is 0 Å². The number of rotatable bonds is 4. The van der Waals surface area contributed by atoms with Gasteiger partial charge in [0, 0.05) is 12.5 Å². The zero-order valence-corrected chi connectivity index (χ0v) is 10.2. The maximum absolute atomic E-state index is 10.3. The first kappa shape index (κ1) is 12.6. The van der Waals surface area contributed by atoms with Crippen molar-refractivity contribution in [2.45, 2.75) is 25.4 Å². The number of benzene rings is 1. The highest BCUT2D eigenvalue weighted by molar-refractivity contribution is 5.25. The second-order valence-electron chi connectivity index (χ2n) is 4.83. The van der Waals surface area contributed by atoms with Crippen LogP contribution in [0.15, 0.2) is 24.3 Å². The lowest BCUT2D eigenvalue weighted by molar-refractivity contribution is 0.0921. The van der Waals surface area contributed by atoms with Crippen molar-refractivity contribution in [2.75, 3.05) is 19.6 Å². The average molecular weight is 234 g/mol. The molecule has 0 saturated carbocycles. The number of nitrogens with two attached hydrogens (primary N) is 1. The molecule has 1 fully saturated rings. The van der Waals surface area contributed by atoms with Crippen molar-refractivity contribution in [2.24, 2.45) is 11.7 Å². The molecule has 2 atom stereocenters. The molecule has 1 aliphatic heterocycles. The van der Waals surface area contributed by atoms with Gasteiger partial charge >= 0.3 is 0 Å². The van der Waals surface area contributed by atoms with Crippen molar-refractivity contribution < 1.29 is 5.11 Å². The van der Waals surface area contributed by atoms with E-state index < -0.39 is 0 Å². The summed E-state index contributed by atoms with van der Waals surface area (Å²) >= 11 is 0. The molecule has 0 radical (unpaired) electrons. The highest BCUT2D eigenvalue weighted by Crippen LogP contribution is 2.27. The molecule has 0 spiro atoms. The van der Waals surface area contributed by atoms with Crippen LogP contribution in [0.2, 0.25) is 0 Å². The minimum absolute atomic E-state index is 0.338. The summed E-state index contributed by atoms with van der Waals surface area (Å²) in [6, 6.07) is 8.21. The van der Waals surface area contributed by atoms with Crippen molar-refractivity contribution in [1.82, 2.24) is 5.32 Å². The monoisotopic (exact) mass is 234 g/mol. The number of aliphatic hydroxyl groups is 1. The Morgan fingerprint density at radius 2 is 2.12 bits per heavy atom. The Bertz CT molecular complexity index is 331. The summed E-state index contributed by atoms with van der Waals surface area (Å²) in [5.41, 5.74) is 7.79. The first-order valence-electron chi connectivity index (χ1n) is 6.49. The minimum atomic E-state index is -0.338. The molecule has 0 aliphatic carbocycles. The third-order valence-corrected chi connectivity index (χ3v) is 3.54. The Morgan fingerprint density at radius 1 is 1.35 bits per heavy atom. The van der Waals surface area contributed by atoms with Gasteiger partial charge in [-0.3, -0.25) is 0 Å². The molecule has 1 saturated heterocycles. The average Bonchev–Trinajstić information content (AvgIpc) is 2.40. The summed E-state index contributed by atoms with van der Waals surface area (Å²) in [4.78, 5) is 0. The molecule has 3 heteroatoms. The van der Waals surface area contributed by atoms with Crippen molar-refractivity contribution >= 4 is 0 Å². The summed E-state index contributed by atoms with van der Waals surface area (Å²) < 4.78 is 0. The molecule has 17 heavy (non-hydrogen) atoms. The normalized spacial score (nSPS) is 22.4. The van der Waals surface area contributed by atoms with Crippen LogP contribution in [-0.4, -0.2) is 24.7 Å². The summed E-state index contributed by atoms with van der Waals surface area (Å²) in [7, 11) is 0. The lowest BCUT2D eigenvalue weighted by atomic mass is 9.89. The first-order chi connectivity index (χ1) is 8.31. The summed E-state index contributed by atoms with van der Waals surface area (Å²) in [5.74, 6) is 0.351. The van der Waals surface area contributed by atoms with Crippen LogP contribution in [0, 0.1) is 5.92 Å². The molecule has 2 rings (SSSR count). The van der Waals surface area contributed by atoms with E-state index in [4.69, 9.17) is 5.73 Å². The minimum Gasteiger partial charge on any atom is -0.388 e. The Balaban J connectivity index is 2.00. The van der Waals surface area contributed by atoms with Gasteiger partial charge in [-0.2, -0.15) is 0 Å². The van der Waals surface area contributed by atoms with Gasteiger partial charge in [-0.25, -0.2) is 0 Å². The van der Waals surface area contributed by atoms with Gasteiger partial charge in [-0.05, 0) is 43.5 Å². The summed E-state index contributed by atoms with van der Waals surface area (Å²) in [6.07, 6.45) is 2.84. The van der Waals surface area contributed by atoms with Gasteiger partial charge in [-0.1, -0.05) is 24.3 Å². The fourth-order valence-corrected chi connectivity index (χ4v) is 2.47. The molecule has 94 valence electrons. The van der Waals surface area contributed by atoms with E-state index in [1.165, 1.54) is 5.56 Å². The van der Waals surface area contributed by atoms with E-state index in [2.05, 4.69) is 17.4 Å². The van der Waals surface area contributed by atoms with E-state index >= 15 is 0 Å². The molecule has 1 heterocycles. The largest absolute Gasteiger partial charge is 0.388 e. The van der Waals surface area contributed by atoms with Gasteiger partial charge in [0.05, 0.1) is 6.10 Å². The quantitative estimate of drug-likeness (QED) is 0.734.